The van der Waals surface area contributed by atoms with Gasteiger partial charge in [-0.3, -0.25) is 0 Å². The molecule has 2 aliphatic rings. The van der Waals surface area contributed by atoms with E-state index in [9.17, 15) is 0 Å². The first kappa shape index (κ1) is 12.2. The normalized spacial score (nSPS) is 23.2. The van der Waals surface area contributed by atoms with E-state index in [1.54, 1.807) is 0 Å². The molecule has 19 heavy (non-hydrogen) atoms. The molecule has 4 rings (SSSR count). The molecule has 0 aromatic heterocycles. The molecule has 2 bridgehead atoms. The molecule has 1 fully saturated rings. The Hall–Kier alpha value is -1.82. The van der Waals surface area contributed by atoms with Crippen molar-refractivity contribution in [1.82, 2.24) is 0 Å². The monoisotopic (exact) mass is 248 g/mol. The second kappa shape index (κ2) is 5.44. The van der Waals surface area contributed by atoms with Gasteiger partial charge in [-0.15, -0.1) is 0 Å². The summed E-state index contributed by atoms with van der Waals surface area (Å²) in [7, 11) is 0. The quantitative estimate of drug-likeness (QED) is 0.588. The fraction of sp³-hybridized carbons (Fsp3) is 0.263. The van der Waals surface area contributed by atoms with Gasteiger partial charge in [0, 0.05) is 0 Å². The largest absolute Gasteiger partial charge is 0.0984 e. The first-order valence-electron chi connectivity index (χ1n) is 7.15. The molecule has 2 aromatic rings. The first-order valence-corrected chi connectivity index (χ1v) is 7.15. The minimum absolute atomic E-state index is 0.991. The van der Waals surface area contributed by atoms with Crippen LogP contribution in [0.2, 0.25) is 0 Å². The van der Waals surface area contributed by atoms with Crippen molar-refractivity contribution in [2.75, 3.05) is 0 Å². The fourth-order valence-electron chi connectivity index (χ4n) is 3.15. The van der Waals surface area contributed by atoms with E-state index in [2.05, 4.69) is 61.2 Å². The Kier molecular flexibility index (Phi) is 3.50. The van der Waals surface area contributed by atoms with E-state index in [0.717, 1.165) is 11.8 Å². The maximum absolute atomic E-state index is 3.78. The van der Waals surface area contributed by atoms with Crippen molar-refractivity contribution in [3.05, 3.63) is 66.8 Å². The molecule has 0 saturated heterocycles. The molecule has 2 aromatic carbocycles. The summed E-state index contributed by atoms with van der Waals surface area (Å²) < 4.78 is 0. The molecule has 0 N–H and O–H groups in total. The molecule has 96 valence electrons. The molecular formula is C19H20. The molecule has 1 saturated carbocycles. The van der Waals surface area contributed by atoms with Gasteiger partial charge in [0.25, 0.3) is 0 Å². The number of rotatable bonds is 1. The third-order valence-corrected chi connectivity index (χ3v) is 4.21. The van der Waals surface area contributed by atoms with Crippen molar-refractivity contribution in [3.63, 3.8) is 0 Å². The zero-order chi connectivity index (χ0) is 13.1. The molecule has 0 heteroatoms. The van der Waals surface area contributed by atoms with Crippen molar-refractivity contribution >= 4 is 16.8 Å². The van der Waals surface area contributed by atoms with E-state index in [1.165, 1.54) is 35.6 Å². The topological polar surface area (TPSA) is 0 Å². The molecule has 0 nitrogen and oxygen atoms in total. The number of hydrogen-bond acceptors (Lipinski definition) is 0. The summed E-state index contributed by atoms with van der Waals surface area (Å²) in [5, 5.41) is 2.55. The van der Waals surface area contributed by atoms with Crippen molar-refractivity contribution in [2.45, 2.75) is 19.3 Å². The number of benzene rings is 2. The van der Waals surface area contributed by atoms with Crippen molar-refractivity contribution in [2.24, 2.45) is 11.8 Å². The van der Waals surface area contributed by atoms with Crippen molar-refractivity contribution in [3.8, 4) is 0 Å². The Morgan fingerprint density at radius 2 is 1.58 bits per heavy atom. The highest BCUT2D eigenvalue weighted by Gasteiger charge is 2.25. The maximum Gasteiger partial charge on any atom is -0.0112 e. The van der Waals surface area contributed by atoms with Gasteiger partial charge in [0.2, 0.25) is 0 Å². The standard InChI is InChI=1S/C12H10.C7H10/c1-2-10-7-5-8-11-6-3-4-9-12(10)11;1-2-7-4-3-6(1)5-7/h2-9H,1H2;1-2,6-7H,3-5H2. The summed E-state index contributed by atoms with van der Waals surface area (Å²) >= 11 is 0. The second-order valence-electron chi connectivity index (χ2n) is 5.49. The number of allylic oxidation sites excluding steroid dienone is 2. The third kappa shape index (κ3) is 2.63. The van der Waals surface area contributed by atoms with Crippen LogP contribution in [0, 0.1) is 11.8 Å². The zero-order valence-electron chi connectivity index (χ0n) is 11.3. The van der Waals surface area contributed by atoms with Crippen LogP contribution in [0.25, 0.3) is 16.8 Å². The highest BCUT2D eigenvalue weighted by atomic mass is 14.3. The highest BCUT2D eigenvalue weighted by Crippen LogP contribution is 2.38. The van der Waals surface area contributed by atoms with Crippen LogP contribution in [0.3, 0.4) is 0 Å². The lowest BCUT2D eigenvalue weighted by molar-refractivity contribution is 0.691. The predicted octanol–water partition coefficient (Wildman–Crippen LogP) is 5.46. The Balaban J connectivity index is 0.000000132. The lowest BCUT2D eigenvalue weighted by Crippen LogP contribution is -1.82. The molecule has 2 unspecified atom stereocenters. The molecule has 0 aliphatic heterocycles. The van der Waals surface area contributed by atoms with Gasteiger partial charge < -0.3 is 0 Å². The molecule has 0 amide bonds. The molecule has 2 aliphatic carbocycles. The molecule has 0 radical (unpaired) electrons. The summed E-state index contributed by atoms with van der Waals surface area (Å²) in [4.78, 5) is 0. The maximum atomic E-state index is 3.78. The Labute approximate surface area is 115 Å². The van der Waals surface area contributed by atoms with E-state index in [4.69, 9.17) is 0 Å². The van der Waals surface area contributed by atoms with Crippen molar-refractivity contribution in [1.29, 1.82) is 0 Å². The Morgan fingerprint density at radius 3 is 2.16 bits per heavy atom. The second-order valence-corrected chi connectivity index (χ2v) is 5.49. The zero-order valence-corrected chi connectivity index (χ0v) is 11.3. The summed E-state index contributed by atoms with van der Waals surface area (Å²) in [6.45, 7) is 3.78. The van der Waals surface area contributed by atoms with E-state index in [1.807, 2.05) is 6.08 Å². The SMILES string of the molecule is C1=CC2CCC1C2.C=Cc1cccc2ccccc12. The van der Waals surface area contributed by atoms with E-state index in [0.29, 0.717) is 0 Å². The van der Waals surface area contributed by atoms with Gasteiger partial charge in [0.05, 0.1) is 0 Å². The molecule has 0 heterocycles. The van der Waals surface area contributed by atoms with Crippen LogP contribution in [-0.4, -0.2) is 0 Å². The van der Waals surface area contributed by atoms with E-state index < -0.39 is 0 Å². The summed E-state index contributed by atoms with van der Waals surface area (Å²) in [6, 6.07) is 14.6. The summed E-state index contributed by atoms with van der Waals surface area (Å²) in [6.07, 6.45) is 11.1. The van der Waals surface area contributed by atoms with Gasteiger partial charge in [0.15, 0.2) is 0 Å². The average Bonchev–Trinajstić information content (AvgIpc) is 3.12. The van der Waals surface area contributed by atoms with Crippen molar-refractivity contribution < 1.29 is 0 Å². The van der Waals surface area contributed by atoms with Gasteiger partial charge in [-0.25, -0.2) is 0 Å². The lowest BCUT2D eigenvalue weighted by atomic mass is 10.1. The van der Waals surface area contributed by atoms with E-state index in [-0.39, 0.29) is 0 Å². The van der Waals surface area contributed by atoms with Crippen LogP contribution in [-0.2, 0) is 0 Å². The van der Waals surface area contributed by atoms with Crippen LogP contribution >= 0.6 is 0 Å². The lowest BCUT2D eigenvalue weighted by Gasteiger charge is -1.99. The van der Waals surface area contributed by atoms with Gasteiger partial charge in [-0.2, -0.15) is 0 Å². The molecule has 0 spiro atoms. The van der Waals surface area contributed by atoms with Crippen LogP contribution in [0.1, 0.15) is 24.8 Å². The summed E-state index contributed by atoms with van der Waals surface area (Å²) in [5.74, 6) is 1.98. The van der Waals surface area contributed by atoms with Gasteiger partial charge in [-0.05, 0) is 47.4 Å². The minimum atomic E-state index is 0.991. The van der Waals surface area contributed by atoms with Crippen LogP contribution in [0.5, 0.6) is 0 Å². The first-order chi connectivity index (χ1) is 9.36. The van der Waals surface area contributed by atoms with Gasteiger partial charge in [-0.1, -0.05) is 67.3 Å². The van der Waals surface area contributed by atoms with Crippen LogP contribution < -0.4 is 0 Å². The van der Waals surface area contributed by atoms with E-state index >= 15 is 0 Å². The molecule has 2 atom stereocenters. The fourth-order valence-corrected chi connectivity index (χ4v) is 3.15. The average molecular weight is 248 g/mol. The number of hydrogen-bond donors (Lipinski definition) is 0. The Morgan fingerprint density at radius 1 is 0.895 bits per heavy atom. The number of fused-ring (bicyclic) bond motifs is 3. The summed E-state index contributed by atoms with van der Waals surface area (Å²) in [5.41, 5.74) is 1.20. The predicted molar refractivity (Wildman–Crippen MR) is 84.0 cm³/mol. The smallest absolute Gasteiger partial charge is 0.0112 e. The van der Waals surface area contributed by atoms with Gasteiger partial charge >= 0.3 is 0 Å². The third-order valence-electron chi connectivity index (χ3n) is 4.21. The minimum Gasteiger partial charge on any atom is -0.0984 e. The highest BCUT2D eigenvalue weighted by molar-refractivity contribution is 5.90. The van der Waals surface area contributed by atoms with Gasteiger partial charge in [0.1, 0.15) is 0 Å². The molecular weight excluding hydrogens is 228 g/mol. The van der Waals surface area contributed by atoms with Crippen LogP contribution in [0.15, 0.2) is 61.2 Å². The Bertz CT molecular complexity index is 589. The van der Waals surface area contributed by atoms with Crippen LogP contribution in [0.4, 0.5) is 0 Å².